The lowest BCUT2D eigenvalue weighted by atomic mass is 9.88. The van der Waals surface area contributed by atoms with Gasteiger partial charge < -0.3 is 5.11 Å². The molecule has 3 heteroatoms. The Labute approximate surface area is 159 Å². The average molecular weight is 355 g/mol. The van der Waals surface area contributed by atoms with E-state index in [1.54, 1.807) is 0 Å². The highest BCUT2D eigenvalue weighted by molar-refractivity contribution is 5.23. The Kier molecular flexibility index (Phi) is 6.96. The first kappa shape index (κ1) is 20.6. The molecule has 2 rings (SSSR count). The van der Waals surface area contributed by atoms with E-state index in [1.807, 2.05) is 18.3 Å². The lowest BCUT2D eigenvalue weighted by molar-refractivity contribution is 0.0437. The van der Waals surface area contributed by atoms with Crippen molar-refractivity contribution in [3.05, 3.63) is 65.5 Å². The van der Waals surface area contributed by atoms with Gasteiger partial charge in [-0.05, 0) is 42.0 Å². The van der Waals surface area contributed by atoms with Gasteiger partial charge >= 0.3 is 0 Å². The van der Waals surface area contributed by atoms with Crippen molar-refractivity contribution in [3.8, 4) is 0 Å². The summed E-state index contributed by atoms with van der Waals surface area (Å²) in [6.45, 7) is 11.7. The summed E-state index contributed by atoms with van der Waals surface area (Å²) in [7, 11) is 2.09. The van der Waals surface area contributed by atoms with Crippen LogP contribution < -0.4 is 0 Å². The van der Waals surface area contributed by atoms with Crippen LogP contribution in [0, 0.1) is 5.92 Å². The van der Waals surface area contributed by atoms with Crippen LogP contribution in [-0.4, -0.2) is 28.1 Å². The van der Waals surface area contributed by atoms with Crippen LogP contribution in [0.5, 0.6) is 0 Å². The molecular weight excluding hydrogens is 320 g/mol. The maximum absolute atomic E-state index is 11.1. The maximum Gasteiger partial charge on any atom is 0.111 e. The third-order valence-corrected chi connectivity index (χ3v) is 4.87. The van der Waals surface area contributed by atoms with Gasteiger partial charge in [-0.1, -0.05) is 71.0 Å². The maximum atomic E-state index is 11.1. The van der Waals surface area contributed by atoms with Crippen LogP contribution in [0.1, 0.15) is 64.0 Å². The molecule has 142 valence electrons. The molecule has 0 saturated carbocycles. The molecule has 1 heterocycles. The van der Waals surface area contributed by atoms with Crippen molar-refractivity contribution in [2.45, 2.75) is 65.1 Å². The monoisotopic (exact) mass is 354 g/mol. The van der Waals surface area contributed by atoms with E-state index < -0.39 is 6.10 Å². The second-order valence-electron chi connectivity index (χ2n) is 8.76. The zero-order valence-corrected chi connectivity index (χ0v) is 17.1. The van der Waals surface area contributed by atoms with Gasteiger partial charge in [0.15, 0.2) is 0 Å². The Morgan fingerprint density at radius 3 is 2.19 bits per heavy atom. The second-order valence-corrected chi connectivity index (χ2v) is 8.76. The third-order valence-electron chi connectivity index (χ3n) is 4.87. The lowest BCUT2D eigenvalue weighted by Crippen LogP contribution is -2.38. The van der Waals surface area contributed by atoms with Gasteiger partial charge in [0.25, 0.3) is 0 Å². The van der Waals surface area contributed by atoms with Gasteiger partial charge in [-0.25, -0.2) is 0 Å². The minimum Gasteiger partial charge on any atom is -0.385 e. The molecule has 0 unspecified atom stereocenters. The normalized spacial score (nSPS) is 14.7. The highest BCUT2D eigenvalue weighted by atomic mass is 16.3. The van der Waals surface area contributed by atoms with Crippen molar-refractivity contribution in [2.24, 2.45) is 5.92 Å². The van der Waals surface area contributed by atoms with Crippen molar-refractivity contribution in [3.63, 3.8) is 0 Å². The number of aromatic nitrogens is 1. The number of pyridine rings is 1. The summed E-state index contributed by atoms with van der Waals surface area (Å²) in [5, 5.41) is 11.1. The van der Waals surface area contributed by atoms with Crippen molar-refractivity contribution in [1.29, 1.82) is 0 Å². The van der Waals surface area contributed by atoms with Crippen LogP contribution in [0.4, 0.5) is 0 Å². The van der Waals surface area contributed by atoms with Gasteiger partial charge in [0.2, 0.25) is 0 Å². The number of likely N-dealkylation sites (N-methyl/N-ethyl adjacent to an activating group) is 1. The highest BCUT2D eigenvalue weighted by Gasteiger charge is 2.27. The first-order chi connectivity index (χ1) is 12.2. The Morgan fingerprint density at radius 2 is 1.69 bits per heavy atom. The van der Waals surface area contributed by atoms with Crippen LogP contribution >= 0.6 is 0 Å². The quantitative estimate of drug-likeness (QED) is 0.763. The molecule has 0 spiro atoms. The fourth-order valence-corrected chi connectivity index (χ4v) is 3.24. The van der Waals surface area contributed by atoms with E-state index in [-0.39, 0.29) is 11.5 Å². The van der Waals surface area contributed by atoms with Crippen molar-refractivity contribution >= 4 is 0 Å². The second kappa shape index (κ2) is 8.79. The Morgan fingerprint density at radius 1 is 1.04 bits per heavy atom. The van der Waals surface area contributed by atoms with E-state index in [1.165, 1.54) is 11.1 Å². The number of rotatable bonds is 7. The van der Waals surface area contributed by atoms with E-state index in [0.29, 0.717) is 5.92 Å². The number of aliphatic hydroxyl groups excluding tert-OH is 1. The molecule has 2 atom stereocenters. The van der Waals surface area contributed by atoms with Gasteiger partial charge in [0.05, 0.1) is 5.69 Å². The smallest absolute Gasteiger partial charge is 0.111 e. The van der Waals surface area contributed by atoms with Crippen LogP contribution in [0.3, 0.4) is 0 Å². The molecule has 2 aromatic rings. The molecule has 3 nitrogen and oxygen atoms in total. The minimum absolute atomic E-state index is 0.0307. The van der Waals surface area contributed by atoms with Gasteiger partial charge in [0.1, 0.15) is 6.10 Å². The Balaban J connectivity index is 2.19. The summed E-state index contributed by atoms with van der Waals surface area (Å²) in [6, 6.07) is 14.5. The topological polar surface area (TPSA) is 36.4 Å². The summed E-state index contributed by atoms with van der Waals surface area (Å²) >= 11 is 0. The summed E-state index contributed by atoms with van der Waals surface area (Å²) in [5.41, 5.74) is 3.26. The zero-order valence-electron chi connectivity index (χ0n) is 17.1. The predicted molar refractivity (Wildman–Crippen MR) is 109 cm³/mol. The van der Waals surface area contributed by atoms with Crippen LogP contribution in [0.2, 0.25) is 0 Å². The molecule has 0 saturated heterocycles. The first-order valence-corrected chi connectivity index (χ1v) is 9.57. The SMILES string of the molecule is CC(C)C[C@H]([C@H](O)c1ccc(C(C)(C)C)cn1)N(C)Cc1ccccc1. The molecular formula is C23H34N2O. The van der Waals surface area contributed by atoms with E-state index >= 15 is 0 Å². The molecule has 1 N–H and O–H groups in total. The lowest BCUT2D eigenvalue weighted by Gasteiger charge is -2.33. The first-order valence-electron chi connectivity index (χ1n) is 9.57. The molecule has 0 radical (unpaired) electrons. The fourth-order valence-electron chi connectivity index (χ4n) is 3.24. The highest BCUT2D eigenvalue weighted by Crippen LogP contribution is 2.27. The fraction of sp³-hybridized carbons (Fsp3) is 0.522. The van der Waals surface area contributed by atoms with E-state index in [0.717, 1.165) is 18.7 Å². The summed E-state index contributed by atoms with van der Waals surface area (Å²) in [5.74, 6) is 0.502. The molecule has 1 aromatic carbocycles. The number of benzene rings is 1. The molecule has 0 bridgehead atoms. The van der Waals surface area contributed by atoms with Gasteiger partial charge in [-0.3, -0.25) is 9.88 Å². The molecule has 0 aliphatic rings. The van der Waals surface area contributed by atoms with Gasteiger partial charge in [-0.15, -0.1) is 0 Å². The predicted octanol–water partition coefficient (Wildman–Crippen LogP) is 4.96. The van der Waals surface area contributed by atoms with Crippen molar-refractivity contribution in [2.75, 3.05) is 7.05 Å². The van der Waals surface area contributed by atoms with E-state index in [2.05, 4.69) is 81.9 Å². The Hall–Kier alpha value is -1.71. The number of nitrogens with zero attached hydrogens (tertiary/aromatic N) is 2. The third kappa shape index (κ3) is 5.65. The molecule has 1 aromatic heterocycles. The molecule has 0 amide bonds. The largest absolute Gasteiger partial charge is 0.385 e. The molecule has 0 aliphatic heterocycles. The van der Waals surface area contributed by atoms with Crippen LogP contribution in [0.25, 0.3) is 0 Å². The van der Waals surface area contributed by atoms with Gasteiger partial charge in [-0.2, -0.15) is 0 Å². The Bertz CT molecular complexity index is 659. The molecule has 0 aliphatic carbocycles. The summed E-state index contributed by atoms with van der Waals surface area (Å²) in [4.78, 5) is 6.84. The zero-order chi connectivity index (χ0) is 19.3. The number of hydrogen-bond acceptors (Lipinski definition) is 3. The van der Waals surface area contributed by atoms with Crippen molar-refractivity contribution in [1.82, 2.24) is 9.88 Å². The van der Waals surface area contributed by atoms with E-state index in [4.69, 9.17) is 0 Å². The minimum atomic E-state index is -0.597. The molecule has 26 heavy (non-hydrogen) atoms. The summed E-state index contributed by atoms with van der Waals surface area (Å²) < 4.78 is 0. The molecule has 0 fully saturated rings. The average Bonchev–Trinajstić information content (AvgIpc) is 2.59. The summed E-state index contributed by atoms with van der Waals surface area (Å²) in [6.07, 6.45) is 2.23. The van der Waals surface area contributed by atoms with E-state index in [9.17, 15) is 5.11 Å². The van der Waals surface area contributed by atoms with Crippen molar-refractivity contribution < 1.29 is 5.11 Å². The number of aliphatic hydroxyl groups is 1. The van der Waals surface area contributed by atoms with Crippen LogP contribution in [0.15, 0.2) is 48.7 Å². The van der Waals surface area contributed by atoms with Crippen LogP contribution in [-0.2, 0) is 12.0 Å². The number of hydrogen-bond donors (Lipinski definition) is 1. The van der Waals surface area contributed by atoms with Gasteiger partial charge in [0, 0.05) is 18.8 Å². The standard InChI is InChI=1S/C23H34N2O/c1-17(2)14-21(25(6)16-18-10-8-7-9-11-18)22(26)20-13-12-19(15-24-20)23(3,4)5/h7-13,15,17,21-22,26H,14,16H2,1-6H3/t21-,22-/m1/s1.